The van der Waals surface area contributed by atoms with Crippen molar-refractivity contribution in [3.8, 4) is 0 Å². The lowest BCUT2D eigenvalue weighted by Gasteiger charge is -2.18. The zero-order valence-corrected chi connectivity index (χ0v) is 45.4. The third-order valence-electron chi connectivity index (χ3n) is 11.3. The molecule has 0 fully saturated rings. The molecule has 0 spiro atoms. The Kier molecular flexibility index (Phi) is 54.0. The number of carbonyl (C=O) groups is 3. The van der Waals surface area contributed by atoms with E-state index >= 15 is 0 Å². The Bertz CT molecular complexity index is 1590. The Morgan fingerprint density at radius 3 is 0.944 bits per heavy atom. The van der Waals surface area contributed by atoms with Crippen molar-refractivity contribution in [1.29, 1.82) is 0 Å². The van der Waals surface area contributed by atoms with E-state index in [1.54, 1.807) is 0 Å². The lowest BCUT2D eigenvalue weighted by atomic mass is 10.1. The lowest BCUT2D eigenvalue weighted by molar-refractivity contribution is -0.166. The van der Waals surface area contributed by atoms with Crippen LogP contribution < -0.4 is 0 Å². The lowest BCUT2D eigenvalue weighted by Crippen LogP contribution is -2.30. The highest BCUT2D eigenvalue weighted by atomic mass is 16.6. The quantitative estimate of drug-likeness (QED) is 0.0262. The fourth-order valence-electron chi connectivity index (χ4n) is 7.13. The van der Waals surface area contributed by atoms with Gasteiger partial charge in [0.05, 0.1) is 0 Å². The third-order valence-corrected chi connectivity index (χ3v) is 11.3. The highest BCUT2D eigenvalue weighted by Gasteiger charge is 2.19. The summed E-state index contributed by atoms with van der Waals surface area (Å²) in [6.07, 6.45) is 82.7. The van der Waals surface area contributed by atoms with Crippen LogP contribution in [0.2, 0.25) is 0 Å². The molecule has 71 heavy (non-hydrogen) atoms. The molecule has 0 aromatic rings. The van der Waals surface area contributed by atoms with Crippen molar-refractivity contribution in [1.82, 2.24) is 0 Å². The van der Waals surface area contributed by atoms with Crippen molar-refractivity contribution in [3.05, 3.63) is 146 Å². The summed E-state index contributed by atoms with van der Waals surface area (Å²) in [5.74, 6) is -1.04. The number of carbonyl (C=O) groups excluding carboxylic acids is 3. The summed E-state index contributed by atoms with van der Waals surface area (Å²) in [4.78, 5) is 38.1. The number of hydrogen-bond acceptors (Lipinski definition) is 6. The number of hydrogen-bond donors (Lipinski definition) is 0. The van der Waals surface area contributed by atoms with Gasteiger partial charge in [-0.3, -0.25) is 14.4 Å². The summed E-state index contributed by atoms with van der Waals surface area (Å²) in [6, 6.07) is 0. The Labute approximate surface area is 436 Å². The monoisotopic (exact) mass is 979 g/mol. The van der Waals surface area contributed by atoms with Crippen LogP contribution in [0.1, 0.15) is 226 Å². The molecule has 0 aliphatic carbocycles. The van der Waals surface area contributed by atoms with Crippen LogP contribution in [-0.4, -0.2) is 37.2 Å². The van der Waals surface area contributed by atoms with E-state index in [9.17, 15) is 14.4 Å². The molecule has 1 atom stereocenters. The SMILES string of the molecule is CC/C=C\C/C=C\C/C=C\C/C=C\C/C=C\C/C=C\CCC(=O)OCC(COC(=O)CCCCCCC/C=C\C/C=C\CCCCC)OC(=O)CCCCCCCC/C=C\C/C=C\C/C=C\C/C=C\CC. The van der Waals surface area contributed by atoms with Gasteiger partial charge >= 0.3 is 17.9 Å². The van der Waals surface area contributed by atoms with Crippen molar-refractivity contribution in [2.45, 2.75) is 232 Å². The van der Waals surface area contributed by atoms with Crippen LogP contribution in [0.4, 0.5) is 0 Å². The van der Waals surface area contributed by atoms with Gasteiger partial charge in [-0.25, -0.2) is 0 Å². The van der Waals surface area contributed by atoms with Gasteiger partial charge in [0.15, 0.2) is 6.10 Å². The highest BCUT2D eigenvalue weighted by Crippen LogP contribution is 2.13. The predicted octanol–water partition coefficient (Wildman–Crippen LogP) is 19.2. The van der Waals surface area contributed by atoms with Crippen LogP contribution in [0.15, 0.2) is 146 Å². The first-order valence-corrected chi connectivity index (χ1v) is 28.3. The van der Waals surface area contributed by atoms with Crippen LogP contribution in [0, 0.1) is 0 Å². The predicted molar refractivity (Wildman–Crippen MR) is 306 cm³/mol. The van der Waals surface area contributed by atoms with Crippen LogP contribution in [-0.2, 0) is 28.6 Å². The van der Waals surface area contributed by atoms with Gasteiger partial charge in [-0.05, 0) is 128 Å². The molecule has 0 rings (SSSR count). The van der Waals surface area contributed by atoms with Crippen molar-refractivity contribution >= 4 is 17.9 Å². The van der Waals surface area contributed by atoms with E-state index in [1.165, 1.54) is 38.5 Å². The first-order chi connectivity index (χ1) is 35.0. The molecule has 0 aliphatic rings. The van der Waals surface area contributed by atoms with Gasteiger partial charge < -0.3 is 14.2 Å². The molecule has 0 N–H and O–H groups in total. The maximum Gasteiger partial charge on any atom is 0.306 e. The molecule has 0 heterocycles. The number of unbranched alkanes of at least 4 members (excludes halogenated alkanes) is 14. The van der Waals surface area contributed by atoms with Gasteiger partial charge in [0.25, 0.3) is 0 Å². The van der Waals surface area contributed by atoms with E-state index < -0.39 is 6.10 Å². The van der Waals surface area contributed by atoms with Gasteiger partial charge in [0.1, 0.15) is 13.2 Å². The van der Waals surface area contributed by atoms with Gasteiger partial charge in [0.2, 0.25) is 0 Å². The van der Waals surface area contributed by atoms with E-state index in [-0.39, 0.29) is 44.0 Å². The number of esters is 3. The molecule has 0 bridgehead atoms. The Balaban J connectivity index is 4.58. The topological polar surface area (TPSA) is 78.9 Å². The van der Waals surface area contributed by atoms with Crippen molar-refractivity contribution in [3.63, 3.8) is 0 Å². The molecule has 0 amide bonds. The van der Waals surface area contributed by atoms with Crippen LogP contribution >= 0.6 is 0 Å². The Morgan fingerprint density at radius 1 is 0.296 bits per heavy atom. The molecule has 0 saturated carbocycles. The smallest absolute Gasteiger partial charge is 0.306 e. The molecule has 6 nitrogen and oxygen atoms in total. The van der Waals surface area contributed by atoms with Gasteiger partial charge in [0, 0.05) is 19.3 Å². The highest BCUT2D eigenvalue weighted by molar-refractivity contribution is 5.71. The van der Waals surface area contributed by atoms with E-state index in [0.717, 1.165) is 141 Å². The number of allylic oxidation sites excluding steroid dienone is 24. The minimum atomic E-state index is -0.829. The minimum absolute atomic E-state index is 0.120. The van der Waals surface area contributed by atoms with Crippen molar-refractivity contribution in [2.75, 3.05) is 13.2 Å². The second kappa shape index (κ2) is 57.9. The zero-order chi connectivity index (χ0) is 51.4. The minimum Gasteiger partial charge on any atom is -0.462 e. The molecule has 398 valence electrons. The molecule has 0 aromatic heterocycles. The first-order valence-electron chi connectivity index (χ1n) is 28.3. The standard InChI is InChI=1S/C65H102O6/c1-4-7-10-13-16-19-22-25-28-30-32-34-37-40-43-46-49-52-55-58-64(67)70-61-62(60-69-63(66)57-54-51-48-45-42-39-36-27-24-21-18-15-12-9-6-3)71-65(68)59-56-53-50-47-44-41-38-35-33-31-29-26-23-20-17-14-11-8-5-2/h7-8,10-11,16-21,25-29,32-36,40,43,49,52,62H,4-6,9,12-15,22-24,30-31,37-39,41-42,44-48,50-51,53-61H2,1-3H3/b10-7-,11-8-,19-16-,20-17-,21-18-,28-25-,29-26-,34-32-,35-33-,36-27-,43-40-,52-49-. The Morgan fingerprint density at radius 2 is 0.577 bits per heavy atom. The molecular weight excluding hydrogens is 877 g/mol. The largest absolute Gasteiger partial charge is 0.462 e. The average molecular weight is 980 g/mol. The van der Waals surface area contributed by atoms with E-state index in [4.69, 9.17) is 14.2 Å². The molecule has 0 saturated heterocycles. The number of ether oxygens (including phenoxy) is 3. The molecule has 0 aliphatic heterocycles. The van der Waals surface area contributed by atoms with Gasteiger partial charge in [-0.1, -0.05) is 224 Å². The first kappa shape index (κ1) is 66.3. The maximum atomic E-state index is 12.9. The average Bonchev–Trinajstić information content (AvgIpc) is 3.37. The summed E-state index contributed by atoms with van der Waals surface area (Å²) in [5, 5.41) is 0. The fraction of sp³-hybridized carbons (Fsp3) is 0.585. The summed E-state index contributed by atoms with van der Waals surface area (Å²) in [5.41, 5.74) is 0. The van der Waals surface area contributed by atoms with Crippen molar-refractivity contribution < 1.29 is 28.6 Å². The molecular formula is C65H102O6. The van der Waals surface area contributed by atoms with Crippen LogP contribution in [0.25, 0.3) is 0 Å². The van der Waals surface area contributed by atoms with E-state index in [2.05, 4.69) is 154 Å². The second-order valence-corrected chi connectivity index (χ2v) is 18.1. The molecule has 0 radical (unpaired) electrons. The summed E-state index contributed by atoms with van der Waals surface area (Å²) in [7, 11) is 0. The number of rotatable bonds is 49. The molecule has 0 aromatic carbocycles. The zero-order valence-electron chi connectivity index (χ0n) is 45.4. The van der Waals surface area contributed by atoms with E-state index in [0.29, 0.717) is 12.8 Å². The molecule has 1 unspecified atom stereocenters. The summed E-state index contributed by atoms with van der Waals surface area (Å²) < 4.78 is 16.8. The van der Waals surface area contributed by atoms with Crippen LogP contribution in [0.3, 0.4) is 0 Å². The summed E-state index contributed by atoms with van der Waals surface area (Å²) >= 11 is 0. The summed E-state index contributed by atoms with van der Waals surface area (Å²) in [6.45, 7) is 6.28. The van der Waals surface area contributed by atoms with Gasteiger partial charge in [-0.15, -0.1) is 0 Å². The fourth-order valence-corrected chi connectivity index (χ4v) is 7.13. The van der Waals surface area contributed by atoms with Gasteiger partial charge in [-0.2, -0.15) is 0 Å². The Hall–Kier alpha value is -4.71. The third kappa shape index (κ3) is 56.1. The van der Waals surface area contributed by atoms with E-state index in [1.807, 2.05) is 12.2 Å². The van der Waals surface area contributed by atoms with Crippen LogP contribution in [0.5, 0.6) is 0 Å². The molecule has 6 heteroatoms. The maximum absolute atomic E-state index is 12.9. The normalized spacial score (nSPS) is 13.2. The second-order valence-electron chi connectivity index (χ2n) is 18.1. The van der Waals surface area contributed by atoms with Crippen molar-refractivity contribution in [2.24, 2.45) is 0 Å².